The lowest BCUT2D eigenvalue weighted by molar-refractivity contribution is -0.149. The average molecular weight is 418 g/mol. The molecule has 0 saturated heterocycles. The summed E-state index contributed by atoms with van der Waals surface area (Å²) in [4.78, 5) is 21.6. The SMILES string of the molecule is CCSc1ccnc(CS(=O)c2nc3ccccc3n2C(C)OC(C)=O)c1C. The van der Waals surface area contributed by atoms with Crippen LogP contribution in [0.1, 0.15) is 38.3 Å². The van der Waals surface area contributed by atoms with Crippen molar-refractivity contribution in [1.82, 2.24) is 14.5 Å². The minimum absolute atomic E-state index is 0.250. The number of imidazole rings is 1. The van der Waals surface area contributed by atoms with Crippen molar-refractivity contribution in [3.63, 3.8) is 0 Å². The molecule has 0 fully saturated rings. The summed E-state index contributed by atoms with van der Waals surface area (Å²) >= 11 is 1.74. The van der Waals surface area contributed by atoms with E-state index in [-0.39, 0.29) is 5.75 Å². The maximum absolute atomic E-state index is 13.3. The number of aromatic nitrogens is 3. The van der Waals surface area contributed by atoms with Crippen molar-refractivity contribution in [3.05, 3.63) is 47.8 Å². The van der Waals surface area contributed by atoms with Gasteiger partial charge in [0.1, 0.15) is 0 Å². The second-order valence-electron chi connectivity index (χ2n) is 6.27. The molecule has 3 rings (SSSR count). The van der Waals surface area contributed by atoms with Crippen LogP contribution in [0.25, 0.3) is 11.0 Å². The summed E-state index contributed by atoms with van der Waals surface area (Å²) in [6, 6.07) is 9.47. The topological polar surface area (TPSA) is 74.1 Å². The van der Waals surface area contributed by atoms with Gasteiger partial charge in [-0.1, -0.05) is 19.1 Å². The summed E-state index contributed by atoms with van der Waals surface area (Å²) in [6.45, 7) is 7.21. The van der Waals surface area contributed by atoms with Gasteiger partial charge in [0.2, 0.25) is 5.16 Å². The molecule has 2 unspecified atom stereocenters. The Balaban J connectivity index is 2.00. The second kappa shape index (κ2) is 8.87. The van der Waals surface area contributed by atoms with Crippen molar-refractivity contribution < 1.29 is 13.7 Å². The standard InChI is InChI=1S/C20H23N3O3S2/c1-5-27-19-10-11-21-17(13(19)2)12-28(25)20-22-16-8-6-7-9-18(16)23(20)14(3)26-15(4)24/h6-11,14H,5,12H2,1-4H3. The van der Waals surface area contributed by atoms with E-state index in [1.807, 2.05) is 37.3 Å². The van der Waals surface area contributed by atoms with Gasteiger partial charge in [-0.2, -0.15) is 0 Å². The Bertz CT molecular complexity index is 1030. The molecule has 0 amide bonds. The highest BCUT2D eigenvalue weighted by molar-refractivity contribution is 7.99. The molecule has 0 aliphatic rings. The van der Waals surface area contributed by atoms with E-state index in [1.54, 1.807) is 29.4 Å². The molecule has 3 aromatic rings. The first kappa shape index (κ1) is 20.5. The van der Waals surface area contributed by atoms with Crippen molar-refractivity contribution in [2.75, 3.05) is 5.75 Å². The lowest BCUT2D eigenvalue weighted by atomic mass is 10.2. The van der Waals surface area contributed by atoms with Gasteiger partial charge in [-0.3, -0.25) is 18.6 Å². The van der Waals surface area contributed by atoms with Gasteiger partial charge in [-0.25, -0.2) is 4.98 Å². The van der Waals surface area contributed by atoms with E-state index in [2.05, 4.69) is 16.9 Å². The molecule has 0 aliphatic carbocycles. The third-order valence-electron chi connectivity index (χ3n) is 4.29. The van der Waals surface area contributed by atoms with Crippen LogP contribution in [0.4, 0.5) is 0 Å². The molecule has 0 N–H and O–H groups in total. The first-order chi connectivity index (χ1) is 13.4. The number of pyridine rings is 1. The highest BCUT2D eigenvalue weighted by Gasteiger charge is 2.23. The highest BCUT2D eigenvalue weighted by atomic mass is 32.2. The summed E-state index contributed by atoms with van der Waals surface area (Å²) in [5.74, 6) is 0.812. The van der Waals surface area contributed by atoms with Crippen LogP contribution in [-0.2, 0) is 26.1 Å². The van der Waals surface area contributed by atoms with Crippen LogP contribution in [0.3, 0.4) is 0 Å². The number of hydrogen-bond acceptors (Lipinski definition) is 6. The number of para-hydroxylation sites is 2. The Morgan fingerprint density at radius 3 is 2.79 bits per heavy atom. The predicted molar refractivity (Wildman–Crippen MR) is 112 cm³/mol. The smallest absolute Gasteiger partial charge is 0.304 e. The van der Waals surface area contributed by atoms with E-state index in [0.29, 0.717) is 10.7 Å². The minimum atomic E-state index is -1.45. The number of esters is 1. The van der Waals surface area contributed by atoms with Crippen LogP contribution in [0.5, 0.6) is 0 Å². The van der Waals surface area contributed by atoms with Crippen molar-refractivity contribution in [2.45, 2.75) is 49.7 Å². The molecule has 6 nitrogen and oxygen atoms in total. The Morgan fingerprint density at radius 2 is 2.07 bits per heavy atom. The fourth-order valence-electron chi connectivity index (χ4n) is 3.03. The number of hydrogen-bond donors (Lipinski definition) is 0. The number of carbonyl (C=O) groups excluding carboxylic acids is 1. The molecule has 8 heteroatoms. The van der Waals surface area contributed by atoms with Gasteiger partial charge < -0.3 is 4.74 Å². The first-order valence-corrected chi connectivity index (χ1v) is 11.3. The maximum Gasteiger partial charge on any atom is 0.304 e. The zero-order valence-electron chi connectivity index (χ0n) is 16.3. The monoisotopic (exact) mass is 417 g/mol. The third-order valence-corrected chi connectivity index (χ3v) is 6.57. The molecule has 2 aromatic heterocycles. The van der Waals surface area contributed by atoms with Crippen LogP contribution in [0.15, 0.2) is 46.6 Å². The molecule has 1 aromatic carbocycles. The molecule has 0 bridgehead atoms. The molecule has 0 aliphatic heterocycles. The molecule has 2 heterocycles. The zero-order valence-corrected chi connectivity index (χ0v) is 18.0. The summed E-state index contributed by atoms with van der Waals surface area (Å²) < 4.78 is 20.3. The number of nitrogens with zero attached hydrogens (tertiary/aromatic N) is 3. The molecule has 2 atom stereocenters. The number of ether oxygens (including phenoxy) is 1. The maximum atomic E-state index is 13.3. The van der Waals surface area contributed by atoms with Gasteiger partial charge in [0, 0.05) is 18.0 Å². The number of carbonyl (C=O) groups is 1. The largest absolute Gasteiger partial charge is 0.442 e. The molecule has 0 spiro atoms. The van der Waals surface area contributed by atoms with Crippen molar-refractivity contribution in [2.24, 2.45) is 0 Å². The Labute approximate surface area is 171 Å². The molecule has 0 radical (unpaired) electrons. The third kappa shape index (κ3) is 4.28. The first-order valence-electron chi connectivity index (χ1n) is 9.02. The van der Waals surface area contributed by atoms with Crippen LogP contribution >= 0.6 is 11.8 Å². The Morgan fingerprint density at radius 1 is 1.32 bits per heavy atom. The molecular formula is C20H23N3O3S2. The van der Waals surface area contributed by atoms with E-state index in [0.717, 1.165) is 27.4 Å². The average Bonchev–Trinajstić information content (AvgIpc) is 3.04. The lowest BCUT2D eigenvalue weighted by Gasteiger charge is -2.17. The molecular weight excluding hydrogens is 394 g/mol. The Hall–Kier alpha value is -2.19. The van der Waals surface area contributed by atoms with Gasteiger partial charge >= 0.3 is 5.97 Å². The zero-order chi connectivity index (χ0) is 20.3. The van der Waals surface area contributed by atoms with Crippen LogP contribution in [-0.4, -0.2) is 30.5 Å². The van der Waals surface area contributed by atoms with E-state index < -0.39 is 23.0 Å². The molecule has 148 valence electrons. The van der Waals surface area contributed by atoms with Crippen LogP contribution in [0.2, 0.25) is 0 Å². The van der Waals surface area contributed by atoms with E-state index in [9.17, 15) is 9.00 Å². The van der Waals surface area contributed by atoms with Crippen LogP contribution < -0.4 is 0 Å². The summed E-state index contributed by atoms with van der Waals surface area (Å²) in [5, 5.41) is 0.379. The van der Waals surface area contributed by atoms with Gasteiger partial charge in [-0.15, -0.1) is 11.8 Å². The fraction of sp³-hybridized carbons (Fsp3) is 0.350. The van der Waals surface area contributed by atoms with Gasteiger partial charge in [0.15, 0.2) is 6.23 Å². The van der Waals surface area contributed by atoms with Crippen molar-refractivity contribution in [3.8, 4) is 0 Å². The van der Waals surface area contributed by atoms with Crippen LogP contribution in [0, 0.1) is 6.92 Å². The predicted octanol–water partition coefficient (Wildman–Crippen LogP) is 4.24. The number of fused-ring (bicyclic) bond motifs is 1. The number of rotatable bonds is 7. The van der Waals surface area contributed by atoms with Gasteiger partial charge in [-0.05, 0) is 43.4 Å². The fourth-order valence-corrected chi connectivity index (χ4v) is 5.17. The van der Waals surface area contributed by atoms with E-state index in [1.165, 1.54) is 6.92 Å². The second-order valence-corrected chi connectivity index (χ2v) is 8.92. The van der Waals surface area contributed by atoms with Gasteiger partial charge in [0.05, 0.1) is 33.3 Å². The lowest BCUT2D eigenvalue weighted by Crippen LogP contribution is -2.16. The van der Waals surface area contributed by atoms with Crippen molar-refractivity contribution in [1.29, 1.82) is 0 Å². The van der Waals surface area contributed by atoms with Gasteiger partial charge in [0.25, 0.3) is 0 Å². The molecule has 0 saturated carbocycles. The van der Waals surface area contributed by atoms with Crippen molar-refractivity contribution >= 4 is 39.6 Å². The summed E-state index contributed by atoms with van der Waals surface area (Å²) in [5.41, 5.74) is 3.32. The minimum Gasteiger partial charge on any atom is -0.442 e. The summed E-state index contributed by atoms with van der Waals surface area (Å²) in [7, 11) is -1.45. The highest BCUT2D eigenvalue weighted by Crippen LogP contribution is 2.27. The van der Waals surface area contributed by atoms with E-state index in [4.69, 9.17) is 4.74 Å². The number of benzene rings is 1. The quantitative estimate of drug-likeness (QED) is 0.423. The summed E-state index contributed by atoms with van der Waals surface area (Å²) in [6.07, 6.45) is 1.14. The Kier molecular flexibility index (Phi) is 6.51. The number of thioether (sulfide) groups is 1. The van der Waals surface area contributed by atoms with E-state index >= 15 is 0 Å². The molecule has 28 heavy (non-hydrogen) atoms. The normalized spacial score (nSPS) is 13.4.